The number of carbonyl (C=O) groups excluding carboxylic acids is 2. The Balaban J connectivity index is 2.04. The maximum atomic E-state index is 12.7. The SMILES string of the molecule is C#Cc1cccc(C(=O)N2CCN(C(=O)OC(C)(C)C)C[C@@H]2C)c1. The quantitative estimate of drug-likeness (QED) is 0.745. The summed E-state index contributed by atoms with van der Waals surface area (Å²) in [5.74, 6) is 2.47. The van der Waals surface area contributed by atoms with Crippen LogP contribution in [0.1, 0.15) is 43.6 Å². The van der Waals surface area contributed by atoms with Gasteiger partial charge in [-0.05, 0) is 45.9 Å². The molecule has 1 aromatic rings. The monoisotopic (exact) mass is 328 g/mol. The number of piperazine rings is 1. The van der Waals surface area contributed by atoms with Gasteiger partial charge < -0.3 is 14.5 Å². The van der Waals surface area contributed by atoms with Crippen LogP contribution in [0.3, 0.4) is 0 Å². The largest absolute Gasteiger partial charge is 0.444 e. The lowest BCUT2D eigenvalue weighted by Crippen LogP contribution is -2.56. The second kappa shape index (κ2) is 6.96. The van der Waals surface area contributed by atoms with Crippen LogP contribution in [0.5, 0.6) is 0 Å². The predicted molar refractivity (Wildman–Crippen MR) is 92.7 cm³/mol. The molecular weight excluding hydrogens is 304 g/mol. The Morgan fingerprint density at radius 2 is 2.00 bits per heavy atom. The fraction of sp³-hybridized carbons (Fsp3) is 0.474. The molecule has 2 amide bonds. The zero-order chi connectivity index (χ0) is 17.9. The van der Waals surface area contributed by atoms with E-state index in [0.717, 1.165) is 0 Å². The second-order valence-electron chi connectivity index (χ2n) is 7.00. The lowest BCUT2D eigenvalue weighted by Gasteiger charge is -2.40. The molecule has 0 radical (unpaired) electrons. The first-order chi connectivity index (χ1) is 11.2. The maximum absolute atomic E-state index is 12.7. The van der Waals surface area contributed by atoms with Crippen molar-refractivity contribution in [3.05, 3.63) is 35.4 Å². The van der Waals surface area contributed by atoms with Gasteiger partial charge in [0.25, 0.3) is 5.91 Å². The normalized spacial score (nSPS) is 18.0. The number of terminal acetylenes is 1. The van der Waals surface area contributed by atoms with Crippen LogP contribution >= 0.6 is 0 Å². The van der Waals surface area contributed by atoms with E-state index in [2.05, 4.69) is 5.92 Å². The van der Waals surface area contributed by atoms with Gasteiger partial charge in [-0.1, -0.05) is 12.0 Å². The van der Waals surface area contributed by atoms with Crippen molar-refractivity contribution in [2.24, 2.45) is 0 Å². The highest BCUT2D eigenvalue weighted by atomic mass is 16.6. The number of nitrogens with zero attached hydrogens (tertiary/aromatic N) is 2. The zero-order valence-corrected chi connectivity index (χ0v) is 14.7. The summed E-state index contributed by atoms with van der Waals surface area (Å²) >= 11 is 0. The van der Waals surface area contributed by atoms with Crippen molar-refractivity contribution in [3.63, 3.8) is 0 Å². The Hall–Kier alpha value is -2.48. The Morgan fingerprint density at radius 1 is 1.29 bits per heavy atom. The van der Waals surface area contributed by atoms with E-state index in [9.17, 15) is 9.59 Å². The third-order valence-corrected chi connectivity index (χ3v) is 3.82. The molecule has 0 saturated carbocycles. The van der Waals surface area contributed by atoms with Gasteiger partial charge in [-0.2, -0.15) is 0 Å². The molecular formula is C19H24N2O3. The average Bonchev–Trinajstić information content (AvgIpc) is 2.52. The van der Waals surface area contributed by atoms with Crippen molar-refractivity contribution >= 4 is 12.0 Å². The van der Waals surface area contributed by atoms with Crippen LogP contribution in [0, 0.1) is 12.3 Å². The molecule has 0 N–H and O–H groups in total. The van der Waals surface area contributed by atoms with Gasteiger partial charge in [0.05, 0.1) is 0 Å². The number of carbonyl (C=O) groups is 2. The van der Waals surface area contributed by atoms with Crippen molar-refractivity contribution in [1.82, 2.24) is 9.80 Å². The third-order valence-electron chi connectivity index (χ3n) is 3.82. The highest BCUT2D eigenvalue weighted by Gasteiger charge is 2.32. The molecule has 1 atom stereocenters. The van der Waals surface area contributed by atoms with Gasteiger partial charge in [0, 0.05) is 36.8 Å². The molecule has 1 aromatic carbocycles. The molecule has 24 heavy (non-hydrogen) atoms. The van der Waals surface area contributed by atoms with Gasteiger partial charge >= 0.3 is 6.09 Å². The van der Waals surface area contributed by atoms with E-state index in [1.165, 1.54) is 0 Å². The van der Waals surface area contributed by atoms with Gasteiger partial charge in [0.1, 0.15) is 5.60 Å². The molecule has 0 bridgehead atoms. The van der Waals surface area contributed by atoms with E-state index in [1.54, 1.807) is 34.1 Å². The number of ether oxygens (including phenoxy) is 1. The van der Waals surface area contributed by atoms with E-state index in [-0.39, 0.29) is 18.0 Å². The molecule has 5 nitrogen and oxygen atoms in total. The summed E-state index contributed by atoms with van der Waals surface area (Å²) in [5, 5.41) is 0. The minimum atomic E-state index is -0.525. The minimum Gasteiger partial charge on any atom is -0.444 e. The van der Waals surface area contributed by atoms with E-state index in [4.69, 9.17) is 11.2 Å². The van der Waals surface area contributed by atoms with E-state index in [0.29, 0.717) is 30.8 Å². The summed E-state index contributed by atoms with van der Waals surface area (Å²) in [7, 11) is 0. The number of hydrogen-bond donors (Lipinski definition) is 0. The van der Waals surface area contributed by atoms with E-state index in [1.807, 2.05) is 27.7 Å². The fourth-order valence-electron chi connectivity index (χ4n) is 2.66. The summed E-state index contributed by atoms with van der Waals surface area (Å²) in [6.45, 7) is 8.83. The minimum absolute atomic E-state index is 0.0663. The summed E-state index contributed by atoms with van der Waals surface area (Å²) in [4.78, 5) is 28.3. The molecule has 128 valence electrons. The predicted octanol–water partition coefficient (Wildman–Crippen LogP) is 2.75. The zero-order valence-electron chi connectivity index (χ0n) is 14.7. The summed E-state index contributed by atoms with van der Waals surface area (Å²) < 4.78 is 5.40. The first kappa shape index (κ1) is 17.9. The van der Waals surface area contributed by atoms with Crippen LogP contribution in [0.25, 0.3) is 0 Å². The first-order valence-electron chi connectivity index (χ1n) is 8.07. The van der Waals surface area contributed by atoms with Gasteiger partial charge in [-0.25, -0.2) is 4.79 Å². The van der Waals surface area contributed by atoms with E-state index < -0.39 is 5.60 Å². The van der Waals surface area contributed by atoms with E-state index >= 15 is 0 Å². The Kier molecular flexibility index (Phi) is 5.18. The smallest absolute Gasteiger partial charge is 0.410 e. The molecule has 5 heteroatoms. The highest BCUT2D eigenvalue weighted by molar-refractivity contribution is 5.95. The van der Waals surface area contributed by atoms with Crippen LogP contribution in [0.4, 0.5) is 4.79 Å². The second-order valence-corrected chi connectivity index (χ2v) is 7.00. The summed E-state index contributed by atoms with van der Waals surface area (Å²) in [6.07, 6.45) is 5.06. The molecule has 0 aromatic heterocycles. The van der Waals surface area contributed by atoms with Crippen LogP contribution < -0.4 is 0 Å². The number of amides is 2. The lowest BCUT2D eigenvalue weighted by molar-refractivity contribution is 0.00617. The van der Waals surface area contributed by atoms with Crippen LogP contribution in [0.2, 0.25) is 0 Å². The van der Waals surface area contributed by atoms with Gasteiger partial charge in [0.15, 0.2) is 0 Å². The van der Waals surface area contributed by atoms with Crippen molar-refractivity contribution in [1.29, 1.82) is 0 Å². The lowest BCUT2D eigenvalue weighted by atomic mass is 10.1. The average molecular weight is 328 g/mol. The van der Waals surface area contributed by atoms with Crippen molar-refractivity contribution in [3.8, 4) is 12.3 Å². The highest BCUT2D eigenvalue weighted by Crippen LogP contribution is 2.17. The Morgan fingerprint density at radius 3 is 2.58 bits per heavy atom. The molecule has 1 aliphatic rings. The molecule has 1 aliphatic heterocycles. The van der Waals surface area contributed by atoms with Crippen LogP contribution in [-0.2, 0) is 4.74 Å². The standard InChI is InChI=1S/C19H24N2O3/c1-6-15-8-7-9-16(12-15)17(22)21-11-10-20(13-14(21)2)18(23)24-19(3,4)5/h1,7-9,12,14H,10-11,13H2,2-5H3/t14-/m0/s1. The fourth-order valence-corrected chi connectivity index (χ4v) is 2.66. The van der Waals surface area contributed by atoms with Crippen LogP contribution in [-0.4, -0.2) is 53.1 Å². The molecule has 1 heterocycles. The molecule has 2 rings (SSSR count). The number of benzene rings is 1. The van der Waals surface area contributed by atoms with Gasteiger partial charge in [-0.3, -0.25) is 4.79 Å². The topological polar surface area (TPSA) is 49.9 Å². The molecule has 0 unspecified atom stereocenters. The first-order valence-corrected chi connectivity index (χ1v) is 8.07. The van der Waals surface area contributed by atoms with Crippen molar-refractivity contribution in [2.75, 3.05) is 19.6 Å². The summed E-state index contributed by atoms with van der Waals surface area (Å²) in [6, 6.07) is 6.96. The molecule has 1 saturated heterocycles. The summed E-state index contributed by atoms with van der Waals surface area (Å²) in [5.41, 5.74) is 0.729. The van der Waals surface area contributed by atoms with Crippen molar-refractivity contribution in [2.45, 2.75) is 39.3 Å². The number of hydrogen-bond acceptors (Lipinski definition) is 3. The Bertz CT molecular complexity index is 670. The third kappa shape index (κ3) is 4.29. The van der Waals surface area contributed by atoms with Crippen molar-refractivity contribution < 1.29 is 14.3 Å². The maximum Gasteiger partial charge on any atom is 0.410 e. The van der Waals surface area contributed by atoms with Gasteiger partial charge in [-0.15, -0.1) is 6.42 Å². The number of rotatable bonds is 1. The molecule has 0 spiro atoms. The molecule has 0 aliphatic carbocycles. The van der Waals surface area contributed by atoms with Gasteiger partial charge in [0.2, 0.25) is 0 Å². The van der Waals surface area contributed by atoms with Crippen LogP contribution in [0.15, 0.2) is 24.3 Å². The Labute approximate surface area is 143 Å². The molecule has 1 fully saturated rings.